The molecule has 5 aromatic carbocycles. The van der Waals surface area contributed by atoms with E-state index in [2.05, 4.69) is 41.3 Å². The van der Waals surface area contributed by atoms with Gasteiger partial charge in [0.1, 0.15) is 5.75 Å². The number of ether oxygens (including phenoxy) is 1. The van der Waals surface area contributed by atoms with Crippen molar-refractivity contribution in [2.75, 3.05) is 11.9 Å². The summed E-state index contributed by atoms with van der Waals surface area (Å²) in [5, 5.41) is 0.631. The Morgan fingerprint density at radius 3 is 1.85 bits per heavy atom. The van der Waals surface area contributed by atoms with Gasteiger partial charge < -0.3 is 9.64 Å². The van der Waals surface area contributed by atoms with E-state index in [0.717, 1.165) is 50.8 Å². The van der Waals surface area contributed by atoms with Gasteiger partial charge >= 0.3 is 0 Å². The van der Waals surface area contributed by atoms with E-state index < -0.39 is 0 Å². The molecule has 0 bridgehead atoms. The Hall–Kier alpha value is -4.93. The molecule has 4 nitrogen and oxygen atoms in total. The van der Waals surface area contributed by atoms with Crippen LogP contribution in [-0.2, 0) is 0 Å². The lowest BCUT2D eigenvalue weighted by Gasteiger charge is -2.23. The Morgan fingerprint density at radius 2 is 1.20 bits per heavy atom. The van der Waals surface area contributed by atoms with Crippen molar-refractivity contribution in [1.29, 1.82) is 0 Å². The Labute approximate surface area is 245 Å². The van der Waals surface area contributed by atoms with Gasteiger partial charge in [0.15, 0.2) is 11.6 Å². The van der Waals surface area contributed by atoms with Gasteiger partial charge in [-0.15, -0.1) is 0 Å². The smallest absolute Gasteiger partial charge is 0.160 e. The topological polar surface area (TPSA) is 38.2 Å². The van der Waals surface area contributed by atoms with Gasteiger partial charge in [0.25, 0.3) is 0 Å². The second kappa shape index (κ2) is 11.7. The number of halogens is 1. The first kappa shape index (κ1) is 26.3. The van der Waals surface area contributed by atoms with Crippen LogP contribution < -0.4 is 9.64 Å². The predicted octanol–water partition coefficient (Wildman–Crippen LogP) is 10.00. The summed E-state index contributed by atoms with van der Waals surface area (Å²) in [6, 6.07) is 44.3. The molecule has 0 aliphatic heterocycles. The molecule has 0 saturated heterocycles. The van der Waals surface area contributed by atoms with Crippen LogP contribution in [0.15, 0.2) is 133 Å². The summed E-state index contributed by atoms with van der Waals surface area (Å²) in [7, 11) is 2.01. The molecule has 0 N–H and O–H groups in total. The van der Waals surface area contributed by atoms with Gasteiger partial charge in [0.2, 0.25) is 0 Å². The normalized spacial score (nSPS) is 10.8. The van der Waals surface area contributed by atoms with Crippen LogP contribution >= 0.6 is 11.6 Å². The highest BCUT2D eigenvalue weighted by Gasteiger charge is 2.16. The van der Waals surface area contributed by atoms with Crippen molar-refractivity contribution in [3.63, 3.8) is 0 Å². The third-order valence-corrected chi connectivity index (χ3v) is 7.19. The highest BCUT2D eigenvalue weighted by molar-refractivity contribution is 6.31. The van der Waals surface area contributed by atoms with Gasteiger partial charge in [-0.2, -0.15) is 0 Å². The fraction of sp³-hybridized carbons (Fsp3) is 0.0556. The fourth-order valence-electron chi connectivity index (χ4n) is 4.71. The Morgan fingerprint density at radius 1 is 0.585 bits per heavy atom. The van der Waals surface area contributed by atoms with Gasteiger partial charge in [-0.1, -0.05) is 103 Å². The lowest BCUT2D eigenvalue weighted by molar-refractivity contribution is 0.479. The second-order valence-electron chi connectivity index (χ2n) is 9.78. The molecule has 0 unspecified atom stereocenters. The number of rotatable bonds is 7. The number of anilines is 2. The first-order valence-electron chi connectivity index (χ1n) is 13.4. The van der Waals surface area contributed by atoms with Crippen molar-refractivity contribution in [3.05, 3.63) is 144 Å². The molecule has 5 heteroatoms. The molecule has 0 spiro atoms. The van der Waals surface area contributed by atoms with Crippen LogP contribution in [-0.4, -0.2) is 17.0 Å². The Bertz CT molecular complexity index is 1750. The van der Waals surface area contributed by atoms with Crippen LogP contribution in [0.3, 0.4) is 0 Å². The molecule has 6 aromatic rings. The molecule has 0 aliphatic carbocycles. The summed E-state index contributed by atoms with van der Waals surface area (Å²) in [5.74, 6) is 2.17. The monoisotopic (exact) mass is 553 g/mol. The van der Waals surface area contributed by atoms with Crippen LogP contribution in [0, 0.1) is 6.92 Å². The SMILES string of the molecule is Cc1ccccc1Oc1ccc(Cl)cc1N(C)c1cccc(-c2nc(-c3ccccc3)cc(-c3ccccc3)n2)c1. The summed E-state index contributed by atoms with van der Waals surface area (Å²) in [6.45, 7) is 2.03. The van der Waals surface area contributed by atoms with Crippen molar-refractivity contribution in [1.82, 2.24) is 9.97 Å². The minimum Gasteiger partial charge on any atom is -0.455 e. The summed E-state index contributed by atoms with van der Waals surface area (Å²) >= 11 is 6.46. The standard InChI is InChI=1S/C36H28ClN3O/c1-25-12-9-10-19-34(25)41-35-21-20-29(37)23-33(35)40(2)30-18-11-17-28(22-30)36-38-31(26-13-5-3-6-14-26)24-32(39-36)27-15-7-4-8-16-27/h3-24H,1-2H3. The first-order chi connectivity index (χ1) is 20.0. The lowest BCUT2D eigenvalue weighted by atomic mass is 10.1. The minimum absolute atomic E-state index is 0.631. The van der Waals surface area contributed by atoms with Crippen LogP contribution in [0.4, 0.5) is 11.4 Å². The molecule has 0 fully saturated rings. The molecule has 1 aromatic heterocycles. The number of aryl methyl sites for hydroxylation is 1. The van der Waals surface area contributed by atoms with Crippen molar-refractivity contribution in [3.8, 4) is 45.4 Å². The average molecular weight is 554 g/mol. The van der Waals surface area contributed by atoms with E-state index in [0.29, 0.717) is 16.6 Å². The number of hydrogen-bond donors (Lipinski definition) is 0. The molecule has 200 valence electrons. The van der Waals surface area contributed by atoms with E-state index >= 15 is 0 Å². The highest BCUT2D eigenvalue weighted by Crippen LogP contribution is 2.39. The van der Waals surface area contributed by atoms with Gasteiger partial charge in [-0.05, 0) is 55.0 Å². The Balaban J connectivity index is 1.41. The molecule has 0 radical (unpaired) electrons. The molecule has 0 amide bonds. The molecule has 6 rings (SSSR count). The summed E-state index contributed by atoms with van der Waals surface area (Å²) in [5.41, 5.74) is 7.60. The summed E-state index contributed by atoms with van der Waals surface area (Å²) < 4.78 is 6.36. The molecular formula is C36H28ClN3O. The maximum atomic E-state index is 6.46. The van der Waals surface area contributed by atoms with Gasteiger partial charge in [-0.3, -0.25) is 0 Å². The van der Waals surface area contributed by atoms with E-state index in [9.17, 15) is 0 Å². The zero-order chi connectivity index (χ0) is 28.2. The maximum absolute atomic E-state index is 6.46. The summed E-state index contributed by atoms with van der Waals surface area (Å²) in [4.78, 5) is 12.1. The molecule has 0 aliphatic rings. The van der Waals surface area contributed by atoms with E-state index in [1.165, 1.54) is 0 Å². The van der Waals surface area contributed by atoms with Gasteiger partial charge in [0, 0.05) is 34.4 Å². The first-order valence-corrected chi connectivity index (χ1v) is 13.8. The molecule has 1 heterocycles. The van der Waals surface area contributed by atoms with Gasteiger partial charge in [0.05, 0.1) is 17.1 Å². The third kappa shape index (κ3) is 5.84. The van der Waals surface area contributed by atoms with E-state index in [-0.39, 0.29) is 0 Å². The number of benzene rings is 5. The lowest BCUT2D eigenvalue weighted by Crippen LogP contribution is -2.11. The van der Waals surface area contributed by atoms with E-state index in [1.807, 2.05) is 111 Å². The van der Waals surface area contributed by atoms with E-state index in [1.54, 1.807) is 0 Å². The van der Waals surface area contributed by atoms with Crippen LogP contribution in [0.1, 0.15) is 5.56 Å². The minimum atomic E-state index is 0.631. The van der Waals surface area contributed by atoms with Crippen molar-refractivity contribution in [2.45, 2.75) is 6.92 Å². The summed E-state index contributed by atoms with van der Waals surface area (Å²) in [6.07, 6.45) is 0. The van der Waals surface area contributed by atoms with Crippen molar-refractivity contribution >= 4 is 23.0 Å². The number of nitrogens with zero attached hydrogens (tertiary/aromatic N) is 3. The number of hydrogen-bond acceptors (Lipinski definition) is 4. The largest absolute Gasteiger partial charge is 0.455 e. The molecular weight excluding hydrogens is 526 g/mol. The molecule has 0 atom stereocenters. The van der Waals surface area contributed by atoms with Crippen LogP contribution in [0.5, 0.6) is 11.5 Å². The average Bonchev–Trinajstić information content (AvgIpc) is 3.03. The van der Waals surface area contributed by atoms with Crippen molar-refractivity contribution in [2.24, 2.45) is 0 Å². The highest BCUT2D eigenvalue weighted by atomic mass is 35.5. The number of aromatic nitrogens is 2. The van der Waals surface area contributed by atoms with Crippen molar-refractivity contribution < 1.29 is 4.74 Å². The zero-order valence-corrected chi connectivity index (χ0v) is 23.6. The van der Waals surface area contributed by atoms with Crippen LogP contribution in [0.25, 0.3) is 33.9 Å². The quantitative estimate of drug-likeness (QED) is 0.197. The second-order valence-corrected chi connectivity index (χ2v) is 10.2. The fourth-order valence-corrected chi connectivity index (χ4v) is 4.88. The molecule has 0 saturated carbocycles. The third-order valence-electron chi connectivity index (χ3n) is 6.95. The Kier molecular flexibility index (Phi) is 7.48. The van der Waals surface area contributed by atoms with Gasteiger partial charge in [-0.25, -0.2) is 9.97 Å². The van der Waals surface area contributed by atoms with E-state index in [4.69, 9.17) is 26.3 Å². The zero-order valence-electron chi connectivity index (χ0n) is 22.8. The maximum Gasteiger partial charge on any atom is 0.160 e. The molecule has 41 heavy (non-hydrogen) atoms. The van der Waals surface area contributed by atoms with Crippen LogP contribution in [0.2, 0.25) is 5.02 Å². The number of para-hydroxylation sites is 1. The predicted molar refractivity (Wildman–Crippen MR) is 169 cm³/mol.